The summed E-state index contributed by atoms with van der Waals surface area (Å²) >= 11 is 6.24. The van der Waals surface area contributed by atoms with Gasteiger partial charge in [-0.05, 0) is 50.8 Å². The fourth-order valence-electron chi connectivity index (χ4n) is 2.41. The van der Waals surface area contributed by atoms with Gasteiger partial charge in [-0.1, -0.05) is 11.6 Å². The number of halogens is 1. The molecule has 8 heteroatoms. The second kappa shape index (κ2) is 11.9. The van der Waals surface area contributed by atoms with Crippen molar-refractivity contribution >= 4 is 29.4 Å². The van der Waals surface area contributed by atoms with E-state index >= 15 is 0 Å². The van der Waals surface area contributed by atoms with Crippen LogP contribution in [0.5, 0.6) is 0 Å². The van der Waals surface area contributed by atoms with Gasteiger partial charge in [-0.2, -0.15) is 0 Å². The molecule has 150 valence electrons. The van der Waals surface area contributed by atoms with E-state index in [1.165, 1.54) is 6.08 Å². The Morgan fingerprint density at radius 1 is 1.48 bits per heavy atom. The van der Waals surface area contributed by atoms with Crippen molar-refractivity contribution in [1.29, 1.82) is 0 Å². The molecule has 1 unspecified atom stereocenters. The first-order valence-corrected chi connectivity index (χ1v) is 9.68. The lowest BCUT2D eigenvalue weighted by atomic mass is 10.2. The van der Waals surface area contributed by atoms with Crippen molar-refractivity contribution in [3.05, 3.63) is 28.9 Å². The van der Waals surface area contributed by atoms with Crippen molar-refractivity contribution in [3.63, 3.8) is 0 Å². The Balaban J connectivity index is 1.73. The molecule has 2 heterocycles. The minimum absolute atomic E-state index is 0.232. The van der Waals surface area contributed by atoms with E-state index in [-0.39, 0.29) is 18.3 Å². The molecule has 2 N–H and O–H groups in total. The number of nitrogens with zero attached hydrogens (tertiary/aromatic N) is 1. The van der Waals surface area contributed by atoms with Crippen LogP contribution in [0.25, 0.3) is 6.08 Å². The van der Waals surface area contributed by atoms with Crippen LogP contribution in [-0.4, -0.2) is 43.0 Å². The van der Waals surface area contributed by atoms with Crippen molar-refractivity contribution in [3.8, 4) is 0 Å². The van der Waals surface area contributed by atoms with Gasteiger partial charge >= 0.3 is 0 Å². The number of carbonyl (C=O) groups is 1. The van der Waals surface area contributed by atoms with Crippen LogP contribution in [0.15, 0.2) is 18.3 Å². The van der Waals surface area contributed by atoms with E-state index in [0.29, 0.717) is 24.1 Å². The number of rotatable bonds is 10. The van der Waals surface area contributed by atoms with E-state index in [2.05, 4.69) is 15.8 Å². The minimum Gasteiger partial charge on any atom is -0.379 e. The second-order valence-electron chi connectivity index (χ2n) is 6.51. The average molecular weight is 398 g/mol. The maximum atomic E-state index is 11.8. The van der Waals surface area contributed by atoms with Crippen LogP contribution >= 0.6 is 11.6 Å². The third-order valence-corrected chi connectivity index (χ3v) is 4.07. The van der Waals surface area contributed by atoms with Crippen LogP contribution in [0.3, 0.4) is 0 Å². The van der Waals surface area contributed by atoms with E-state index < -0.39 is 0 Å². The predicted octanol–water partition coefficient (Wildman–Crippen LogP) is 3.55. The smallest absolute Gasteiger partial charge is 0.267 e. The first-order chi connectivity index (χ1) is 13.0. The number of pyridine rings is 1. The summed E-state index contributed by atoms with van der Waals surface area (Å²) in [6, 6.07) is 1.75. The molecule has 27 heavy (non-hydrogen) atoms. The molecule has 0 bridgehead atoms. The average Bonchev–Trinajstić information content (AvgIpc) is 2.66. The molecule has 0 radical (unpaired) electrons. The van der Waals surface area contributed by atoms with Crippen molar-refractivity contribution < 1.29 is 19.1 Å². The van der Waals surface area contributed by atoms with Gasteiger partial charge in [-0.3, -0.25) is 4.79 Å². The van der Waals surface area contributed by atoms with Gasteiger partial charge in [-0.25, -0.2) is 15.3 Å². The minimum atomic E-state index is -0.372. The quantitative estimate of drug-likeness (QED) is 0.357. The summed E-state index contributed by atoms with van der Waals surface area (Å²) in [6.07, 6.45) is 8.20. The Morgan fingerprint density at radius 2 is 2.33 bits per heavy atom. The number of hydrogen-bond acceptors (Lipinski definition) is 6. The fraction of sp³-hybridized carbons (Fsp3) is 0.579. The first kappa shape index (κ1) is 21.6. The monoisotopic (exact) mass is 397 g/mol. The van der Waals surface area contributed by atoms with Crippen LogP contribution in [0, 0.1) is 0 Å². The van der Waals surface area contributed by atoms with Gasteiger partial charge in [-0.15, -0.1) is 0 Å². The molecule has 0 saturated carbocycles. The number of anilines is 1. The van der Waals surface area contributed by atoms with E-state index in [4.69, 9.17) is 25.9 Å². The molecule has 7 nitrogen and oxygen atoms in total. The van der Waals surface area contributed by atoms with E-state index in [1.807, 2.05) is 13.8 Å². The molecule has 1 atom stereocenters. The Morgan fingerprint density at radius 3 is 3.04 bits per heavy atom. The van der Waals surface area contributed by atoms with Gasteiger partial charge in [0, 0.05) is 38.5 Å². The zero-order valence-corrected chi connectivity index (χ0v) is 16.6. The molecule has 1 aromatic heterocycles. The number of amides is 1. The van der Waals surface area contributed by atoms with Crippen LogP contribution < -0.4 is 10.8 Å². The first-order valence-electron chi connectivity index (χ1n) is 9.31. The zero-order chi connectivity index (χ0) is 19.5. The SMILES string of the molecule is CC(C)OCCCNc1ncc(/C=C/C(=O)NOC2CCCCO2)cc1Cl. The van der Waals surface area contributed by atoms with Gasteiger partial charge in [0.15, 0.2) is 6.29 Å². The van der Waals surface area contributed by atoms with Gasteiger partial charge in [0.25, 0.3) is 5.91 Å². The molecule has 2 rings (SSSR count). The number of hydrogen-bond donors (Lipinski definition) is 2. The summed E-state index contributed by atoms with van der Waals surface area (Å²) in [5.41, 5.74) is 3.09. The highest BCUT2D eigenvalue weighted by atomic mass is 35.5. The summed E-state index contributed by atoms with van der Waals surface area (Å²) in [6.45, 7) is 6.08. The third-order valence-electron chi connectivity index (χ3n) is 3.78. The predicted molar refractivity (Wildman–Crippen MR) is 105 cm³/mol. The lowest BCUT2D eigenvalue weighted by molar-refractivity contribution is -0.198. The molecule has 1 aliphatic rings. The standard InChI is InChI=1S/C19H28ClN3O4/c1-14(2)25-11-5-9-21-19-16(20)12-15(13-22-19)7-8-17(24)23-27-18-6-3-4-10-26-18/h7-8,12-14,18H,3-6,9-11H2,1-2H3,(H,21,22)(H,23,24)/b8-7+. The van der Waals surface area contributed by atoms with Crippen LogP contribution in [0.2, 0.25) is 5.02 Å². The lowest BCUT2D eigenvalue weighted by Gasteiger charge is -2.21. The molecule has 1 amide bonds. The normalized spacial score (nSPS) is 17.4. The molecular weight excluding hydrogens is 370 g/mol. The summed E-state index contributed by atoms with van der Waals surface area (Å²) < 4.78 is 10.9. The maximum absolute atomic E-state index is 11.8. The lowest BCUT2D eigenvalue weighted by Crippen LogP contribution is -2.32. The van der Waals surface area contributed by atoms with Crippen LogP contribution in [-0.2, 0) is 19.1 Å². The third kappa shape index (κ3) is 8.71. The van der Waals surface area contributed by atoms with Gasteiger partial charge in [0.05, 0.1) is 11.1 Å². The van der Waals surface area contributed by atoms with Crippen molar-refractivity contribution in [2.75, 3.05) is 25.1 Å². The van der Waals surface area contributed by atoms with Crippen LogP contribution in [0.1, 0.15) is 45.1 Å². The van der Waals surface area contributed by atoms with Crippen LogP contribution in [0.4, 0.5) is 5.82 Å². The Kier molecular flexibility index (Phi) is 9.55. The molecule has 0 aromatic carbocycles. The van der Waals surface area contributed by atoms with Crippen molar-refractivity contribution in [2.24, 2.45) is 0 Å². The number of hydroxylamine groups is 1. The highest BCUT2D eigenvalue weighted by molar-refractivity contribution is 6.33. The summed E-state index contributed by atoms with van der Waals surface area (Å²) in [5.74, 6) is 0.244. The zero-order valence-electron chi connectivity index (χ0n) is 15.9. The molecule has 0 aliphatic carbocycles. The van der Waals surface area contributed by atoms with Gasteiger partial charge in [0.1, 0.15) is 5.82 Å². The molecule has 0 spiro atoms. The topological polar surface area (TPSA) is 81.7 Å². The fourth-order valence-corrected chi connectivity index (χ4v) is 2.65. The molecular formula is C19H28ClN3O4. The Hall–Kier alpha value is -1.67. The van der Waals surface area contributed by atoms with E-state index in [1.54, 1.807) is 18.3 Å². The highest BCUT2D eigenvalue weighted by Gasteiger charge is 2.14. The molecule has 1 fully saturated rings. The number of ether oxygens (including phenoxy) is 2. The molecule has 1 aromatic rings. The van der Waals surface area contributed by atoms with Crippen molar-refractivity contribution in [2.45, 2.75) is 51.9 Å². The summed E-state index contributed by atoms with van der Waals surface area (Å²) in [4.78, 5) is 21.3. The number of aromatic nitrogens is 1. The summed E-state index contributed by atoms with van der Waals surface area (Å²) in [5, 5.41) is 3.67. The van der Waals surface area contributed by atoms with E-state index in [9.17, 15) is 4.79 Å². The highest BCUT2D eigenvalue weighted by Crippen LogP contribution is 2.20. The van der Waals surface area contributed by atoms with E-state index in [0.717, 1.165) is 37.8 Å². The van der Waals surface area contributed by atoms with Crippen molar-refractivity contribution in [1.82, 2.24) is 10.5 Å². The van der Waals surface area contributed by atoms with Gasteiger partial charge in [0.2, 0.25) is 0 Å². The second-order valence-corrected chi connectivity index (χ2v) is 6.92. The van der Waals surface area contributed by atoms with Gasteiger partial charge < -0.3 is 14.8 Å². The Bertz CT molecular complexity index is 619. The Labute approximate surface area is 165 Å². The largest absolute Gasteiger partial charge is 0.379 e. The number of carbonyl (C=O) groups excluding carboxylic acids is 1. The molecule has 1 saturated heterocycles. The maximum Gasteiger partial charge on any atom is 0.267 e. The summed E-state index contributed by atoms with van der Waals surface area (Å²) in [7, 11) is 0. The number of nitrogens with one attached hydrogen (secondary N) is 2. The molecule has 1 aliphatic heterocycles.